The molecule has 1 saturated heterocycles. The molecule has 1 heterocycles. The van der Waals surface area contributed by atoms with E-state index in [-0.39, 0.29) is 0 Å². The Morgan fingerprint density at radius 3 is 2.75 bits per heavy atom. The maximum Gasteiger partial charge on any atom is 0.0576 e. The molecule has 2 fully saturated rings. The molecule has 2 nitrogen and oxygen atoms in total. The van der Waals surface area contributed by atoms with Gasteiger partial charge in [-0.2, -0.15) is 0 Å². The van der Waals surface area contributed by atoms with Gasteiger partial charge in [0.15, 0.2) is 0 Å². The van der Waals surface area contributed by atoms with E-state index < -0.39 is 0 Å². The van der Waals surface area contributed by atoms with E-state index in [1.807, 2.05) is 0 Å². The summed E-state index contributed by atoms with van der Waals surface area (Å²) in [5, 5.41) is 3.84. The summed E-state index contributed by atoms with van der Waals surface area (Å²) in [5.74, 6) is 1.94. The molecule has 1 saturated carbocycles. The molecule has 20 heavy (non-hydrogen) atoms. The van der Waals surface area contributed by atoms with Gasteiger partial charge < -0.3 is 10.1 Å². The molecule has 1 aliphatic heterocycles. The zero-order valence-corrected chi connectivity index (χ0v) is 13.7. The van der Waals surface area contributed by atoms with Crippen LogP contribution in [-0.4, -0.2) is 25.3 Å². The van der Waals surface area contributed by atoms with Gasteiger partial charge in [0, 0.05) is 12.6 Å². The summed E-state index contributed by atoms with van der Waals surface area (Å²) in [6.45, 7) is 6.83. The highest BCUT2D eigenvalue weighted by Gasteiger charge is 2.29. The predicted molar refractivity (Wildman–Crippen MR) is 86.0 cm³/mol. The van der Waals surface area contributed by atoms with Crippen LogP contribution in [0.4, 0.5) is 0 Å². The van der Waals surface area contributed by atoms with Crippen LogP contribution in [0.5, 0.6) is 0 Å². The van der Waals surface area contributed by atoms with Crippen LogP contribution in [0.3, 0.4) is 0 Å². The van der Waals surface area contributed by atoms with Gasteiger partial charge in [0.1, 0.15) is 0 Å². The summed E-state index contributed by atoms with van der Waals surface area (Å²) in [7, 11) is 0. The van der Waals surface area contributed by atoms with Crippen LogP contribution in [0.1, 0.15) is 78.1 Å². The van der Waals surface area contributed by atoms with Crippen molar-refractivity contribution >= 4 is 0 Å². The second kappa shape index (κ2) is 9.04. The minimum atomic E-state index is 0.578. The SMILES string of the molecule is CCCNC(CCCC1CCCO1)C1CCC(CC)C1. The van der Waals surface area contributed by atoms with Gasteiger partial charge in [0.2, 0.25) is 0 Å². The first-order valence-electron chi connectivity index (χ1n) is 9.18. The zero-order valence-electron chi connectivity index (χ0n) is 13.7. The van der Waals surface area contributed by atoms with Crippen molar-refractivity contribution in [2.45, 2.75) is 90.2 Å². The van der Waals surface area contributed by atoms with Crippen LogP contribution < -0.4 is 5.32 Å². The average Bonchev–Trinajstić information content (AvgIpc) is 3.13. The second-order valence-corrected chi connectivity index (χ2v) is 6.97. The second-order valence-electron chi connectivity index (χ2n) is 6.97. The summed E-state index contributed by atoms with van der Waals surface area (Å²) in [4.78, 5) is 0. The average molecular weight is 281 g/mol. The maximum atomic E-state index is 5.76. The molecule has 0 radical (unpaired) electrons. The van der Waals surface area contributed by atoms with Crippen molar-refractivity contribution in [3.63, 3.8) is 0 Å². The normalized spacial score (nSPS) is 31.8. The third-order valence-corrected chi connectivity index (χ3v) is 5.45. The zero-order chi connectivity index (χ0) is 14.2. The van der Waals surface area contributed by atoms with E-state index in [1.54, 1.807) is 0 Å². The number of ether oxygens (including phenoxy) is 1. The number of rotatable bonds is 9. The summed E-state index contributed by atoms with van der Waals surface area (Å²) in [6.07, 6.45) is 14.2. The maximum absolute atomic E-state index is 5.76. The first-order valence-corrected chi connectivity index (χ1v) is 9.18. The van der Waals surface area contributed by atoms with Gasteiger partial charge in [-0.3, -0.25) is 0 Å². The Kier molecular flexibility index (Phi) is 7.37. The van der Waals surface area contributed by atoms with Crippen molar-refractivity contribution in [1.82, 2.24) is 5.32 Å². The van der Waals surface area contributed by atoms with Gasteiger partial charge in [-0.15, -0.1) is 0 Å². The fourth-order valence-electron chi connectivity index (χ4n) is 4.12. The quantitative estimate of drug-likeness (QED) is 0.670. The van der Waals surface area contributed by atoms with Crippen LogP contribution in [-0.2, 0) is 4.74 Å². The van der Waals surface area contributed by atoms with Gasteiger partial charge in [-0.05, 0) is 69.7 Å². The van der Waals surface area contributed by atoms with Crippen LogP contribution in [0.2, 0.25) is 0 Å². The Balaban J connectivity index is 1.71. The van der Waals surface area contributed by atoms with E-state index in [9.17, 15) is 0 Å². The van der Waals surface area contributed by atoms with E-state index in [2.05, 4.69) is 19.2 Å². The summed E-state index contributed by atoms with van der Waals surface area (Å²) < 4.78 is 5.76. The molecule has 0 amide bonds. The van der Waals surface area contributed by atoms with Crippen LogP contribution in [0.25, 0.3) is 0 Å². The van der Waals surface area contributed by atoms with Crippen molar-refractivity contribution in [2.24, 2.45) is 11.8 Å². The van der Waals surface area contributed by atoms with E-state index in [0.717, 1.165) is 24.5 Å². The summed E-state index contributed by atoms with van der Waals surface area (Å²) in [5.41, 5.74) is 0. The number of hydrogen-bond acceptors (Lipinski definition) is 2. The highest BCUT2D eigenvalue weighted by atomic mass is 16.5. The molecular formula is C18H35NO. The topological polar surface area (TPSA) is 21.3 Å². The highest BCUT2D eigenvalue weighted by molar-refractivity contribution is 4.84. The lowest BCUT2D eigenvalue weighted by molar-refractivity contribution is 0.100. The van der Waals surface area contributed by atoms with Crippen LogP contribution in [0, 0.1) is 11.8 Å². The Morgan fingerprint density at radius 1 is 1.20 bits per heavy atom. The minimum absolute atomic E-state index is 0.578. The Morgan fingerprint density at radius 2 is 2.10 bits per heavy atom. The van der Waals surface area contributed by atoms with Gasteiger partial charge >= 0.3 is 0 Å². The molecule has 0 spiro atoms. The molecule has 4 unspecified atom stereocenters. The Bertz CT molecular complexity index is 250. The van der Waals surface area contributed by atoms with Gasteiger partial charge in [-0.1, -0.05) is 26.7 Å². The number of nitrogens with one attached hydrogen (secondary N) is 1. The molecule has 4 atom stereocenters. The van der Waals surface area contributed by atoms with Crippen molar-refractivity contribution < 1.29 is 4.74 Å². The smallest absolute Gasteiger partial charge is 0.0576 e. The van der Waals surface area contributed by atoms with Crippen LogP contribution in [0.15, 0.2) is 0 Å². The monoisotopic (exact) mass is 281 g/mol. The molecule has 0 aromatic heterocycles. The Hall–Kier alpha value is -0.0800. The highest BCUT2D eigenvalue weighted by Crippen LogP contribution is 2.36. The number of hydrogen-bond donors (Lipinski definition) is 1. The lowest BCUT2D eigenvalue weighted by Gasteiger charge is -2.25. The molecule has 2 rings (SSSR count). The standard InChI is InChI=1S/C18H35NO/c1-3-12-19-18(16-11-10-15(4-2)14-16)9-5-7-17-8-6-13-20-17/h15-19H,3-14H2,1-2H3. The van der Waals surface area contributed by atoms with Crippen molar-refractivity contribution in [2.75, 3.05) is 13.2 Å². The third-order valence-electron chi connectivity index (χ3n) is 5.45. The van der Waals surface area contributed by atoms with E-state index in [1.165, 1.54) is 70.8 Å². The fraction of sp³-hybridized carbons (Fsp3) is 1.00. The molecule has 1 N–H and O–H groups in total. The fourth-order valence-corrected chi connectivity index (χ4v) is 4.12. The molecule has 0 bridgehead atoms. The van der Waals surface area contributed by atoms with Crippen molar-refractivity contribution in [1.29, 1.82) is 0 Å². The minimum Gasteiger partial charge on any atom is -0.378 e. The molecule has 1 aliphatic carbocycles. The largest absolute Gasteiger partial charge is 0.378 e. The molecule has 0 aromatic carbocycles. The van der Waals surface area contributed by atoms with Crippen molar-refractivity contribution in [3.05, 3.63) is 0 Å². The summed E-state index contributed by atoms with van der Waals surface area (Å²) >= 11 is 0. The molecule has 2 heteroatoms. The van der Waals surface area contributed by atoms with Crippen molar-refractivity contribution in [3.8, 4) is 0 Å². The first kappa shape index (κ1) is 16.3. The first-order chi connectivity index (χ1) is 9.83. The molecule has 0 aromatic rings. The molecule has 2 aliphatic rings. The lowest BCUT2D eigenvalue weighted by Crippen LogP contribution is -2.36. The molecular weight excluding hydrogens is 246 g/mol. The summed E-state index contributed by atoms with van der Waals surface area (Å²) in [6, 6.07) is 0.771. The van der Waals surface area contributed by atoms with Gasteiger partial charge in [-0.25, -0.2) is 0 Å². The van der Waals surface area contributed by atoms with E-state index in [0.29, 0.717) is 6.10 Å². The predicted octanol–water partition coefficient (Wildman–Crippen LogP) is 4.53. The van der Waals surface area contributed by atoms with Gasteiger partial charge in [0.05, 0.1) is 6.10 Å². The van der Waals surface area contributed by atoms with Crippen LogP contribution >= 0.6 is 0 Å². The Labute approximate surface area is 126 Å². The van der Waals surface area contributed by atoms with E-state index in [4.69, 9.17) is 4.74 Å². The molecule has 118 valence electrons. The lowest BCUT2D eigenvalue weighted by atomic mass is 9.91. The third kappa shape index (κ3) is 5.04. The van der Waals surface area contributed by atoms with E-state index >= 15 is 0 Å². The van der Waals surface area contributed by atoms with Gasteiger partial charge in [0.25, 0.3) is 0 Å².